The summed E-state index contributed by atoms with van der Waals surface area (Å²) in [6.07, 6.45) is -9.86. The topological polar surface area (TPSA) is 37.4 Å². The van der Waals surface area contributed by atoms with Crippen molar-refractivity contribution >= 4 is 28.1 Å². The Balaban J connectivity index is 1.62. The Morgan fingerprint density at radius 2 is 1.42 bits per heavy atom. The van der Waals surface area contributed by atoms with Gasteiger partial charge in [0.25, 0.3) is 0 Å². The van der Waals surface area contributed by atoms with Crippen molar-refractivity contribution in [3.8, 4) is 11.1 Å². The van der Waals surface area contributed by atoms with Crippen LogP contribution in [0, 0.1) is 6.92 Å². The van der Waals surface area contributed by atoms with Crippen LogP contribution in [0.3, 0.4) is 0 Å². The SMILES string of the molecule is Cc1ccccc1-c1cc(N2CCOCC2)nc2ccc(Nc3cc(C(F)(F)F)cc(C(F)(F)F)c3)cc12. The van der Waals surface area contributed by atoms with Gasteiger partial charge in [-0.05, 0) is 66.1 Å². The second-order valence-corrected chi connectivity index (χ2v) is 9.09. The summed E-state index contributed by atoms with van der Waals surface area (Å²) in [6.45, 7) is 4.50. The van der Waals surface area contributed by atoms with E-state index < -0.39 is 23.5 Å². The van der Waals surface area contributed by atoms with Gasteiger partial charge in [0.2, 0.25) is 0 Å². The lowest BCUT2D eigenvalue weighted by molar-refractivity contribution is -0.143. The molecule has 0 spiro atoms. The lowest BCUT2D eigenvalue weighted by atomic mass is 9.96. The van der Waals surface area contributed by atoms with Crippen LogP contribution in [0.15, 0.2) is 66.7 Å². The first kappa shape index (κ1) is 25.8. The van der Waals surface area contributed by atoms with E-state index in [-0.39, 0.29) is 11.8 Å². The van der Waals surface area contributed by atoms with Gasteiger partial charge in [-0.2, -0.15) is 26.3 Å². The number of rotatable bonds is 4. The molecule has 0 aliphatic carbocycles. The van der Waals surface area contributed by atoms with E-state index in [9.17, 15) is 26.3 Å². The highest BCUT2D eigenvalue weighted by Crippen LogP contribution is 2.39. The van der Waals surface area contributed by atoms with Crippen LogP contribution in [-0.4, -0.2) is 31.3 Å². The summed E-state index contributed by atoms with van der Waals surface area (Å²) in [5, 5.41) is 3.45. The first-order valence-electron chi connectivity index (χ1n) is 11.9. The molecule has 1 fully saturated rings. The average Bonchev–Trinajstić information content (AvgIpc) is 2.88. The Morgan fingerprint density at radius 3 is 2.05 bits per heavy atom. The zero-order valence-corrected chi connectivity index (χ0v) is 20.2. The number of benzene rings is 3. The van der Waals surface area contributed by atoms with Gasteiger partial charge in [0, 0.05) is 29.9 Å². The van der Waals surface area contributed by atoms with Gasteiger partial charge < -0.3 is 15.0 Å². The number of hydrogen-bond acceptors (Lipinski definition) is 4. The normalized spacial score (nSPS) is 14.7. The zero-order valence-electron chi connectivity index (χ0n) is 20.2. The van der Waals surface area contributed by atoms with Crippen LogP contribution in [0.5, 0.6) is 0 Å². The number of pyridine rings is 1. The molecule has 0 bridgehead atoms. The Labute approximate surface area is 214 Å². The minimum atomic E-state index is -4.93. The van der Waals surface area contributed by atoms with Crippen LogP contribution in [0.25, 0.3) is 22.0 Å². The summed E-state index contributed by atoms with van der Waals surface area (Å²) >= 11 is 0. The van der Waals surface area contributed by atoms with Crippen molar-refractivity contribution in [2.75, 3.05) is 36.5 Å². The summed E-state index contributed by atoms with van der Waals surface area (Å²) in [4.78, 5) is 6.92. The lowest BCUT2D eigenvalue weighted by Gasteiger charge is -2.28. The second kappa shape index (κ2) is 9.83. The third-order valence-electron chi connectivity index (χ3n) is 6.44. The quantitative estimate of drug-likeness (QED) is 0.273. The number of halogens is 6. The van der Waals surface area contributed by atoms with Gasteiger partial charge in [-0.25, -0.2) is 4.98 Å². The van der Waals surface area contributed by atoms with Crippen molar-refractivity contribution in [1.29, 1.82) is 0 Å². The molecule has 0 amide bonds. The minimum Gasteiger partial charge on any atom is -0.378 e. The third kappa shape index (κ3) is 5.40. The van der Waals surface area contributed by atoms with E-state index in [4.69, 9.17) is 9.72 Å². The number of aromatic nitrogens is 1. The zero-order chi connectivity index (χ0) is 27.1. The monoisotopic (exact) mass is 531 g/mol. The average molecular weight is 532 g/mol. The molecule has 1 saturated heterocycles. The Kier molecular flexibility index (Phi) is 6.68. The summed E-state index contributed by atoms with van der Waals surface area (Å²) in [5.41, 5.74) is 0.726. The molecule has 4 aromatic rings. The van der Waals surface area contributed by atoms with E-state index in [0.717, 1.165) is 22.5 Å². The molecule has 5 rings (SSSR count). The first-order valence-corrected chi connectivity index (χ1v) is 11.9. The van der Waals surface area contributed by atoms with E-state index in [0.29, 0.717) is 55.0 Å². The van der Waals surface area contributed by atoms with Gasteiger partial charge in [-0.15, -0.1) is 0 Å². The molecule has 4 nitrogen and oxygen atoms in total. The van der Waals surface area contributed by atoms with Crippen LogP contribution in [-0.2, 0) is 17.1 Å². The molecule has 38 heavy (non-hydrogen) atoms. The van der Waals surface area contributed by atoms with Gasteiger partial charge in [0.05, 0.1) is 29.9 Å². The highest BCUT2D eigenvalue weighted by molar-refractivity contribution is 5.99. The number of anilines is 3. The molecule has 1 aliphatic rings. The van der Waals surface area contributed by atoms with E-state index in [1.807, 2.05) is 37.3 Å². The largest absolute Gasteiger partial charge is 0.416 e. The van der Waals surface area contributed by atoms with Crippen molar-refractivity contribution in [1.82, 2.24) is 4.98 Å². The number of morpholine rings is 1. The number of aryl methyl sites for hydroxylation is 1. The lowest BCUT2D eigenvalue weighted by Crippen LogP contribution is -2.36. The molecular formula is C28H23F6N3O. The maximum atomic E-state index is 13.3. The Hall–Kier alpha value is -3.79. The van der Waals surface area contributed by atoms with Crippen molar-refractivity contribution in [3.05, 3.63) is 83.4 Å². The molecule has 1 aliphatic heterocycles. The highest BCUT2D eigenvalue weighted by atomic mass is 19.4. The number of ether oxygens (including phenoxy) is 1. The summed E-state index contributed by atoms with van der Waals surface area (Å²) in [5.74, 6) is 0.771. The van der Waals surface area contributed by atoms with Crippen LogP contribution >= 0.6 is 0 Å². The van der Waals surface area contributed by atoms with Gasteiger partial charge >= 0.3 is 12.4 Å². The fourth-order valence-corrected chi connectivity index (χ4v) is 4.54. The minimum absolute atomic E-state index is 0.110. The summed E-state index contributed by atoms with van der Waals surface area (Å²) in [6, 6.07) is 16.2. The first-order chi connectivity index (χ1) is 18.0. The molecule has 10 heteroatoms. The van der Waals surface area contributed by atoms with Gasteiger partial charge in [0.15, 0.2) is 0 Å². The Bertz CT molecular complexity index is 1440. The van der Waals surface area contributed by atoms with Crippen molar-refractivity contribution in [2.24, 2.45) is 0 Å². The molecule has 0 saturated carbocycles. The smallest absolute Gasteiger partial charge is 0.378 e. The summed E-state index contributed by atoms with van der Waals surface area (Å²) in [7, 11) is 0. The third-order valence-corrected chi connectivity index (χ3v) is 6.44. The van der Waals surface area contributed by atoms with Gasteiger partial charge in [-0.3, -0.25) is 0 Å². The maximum absolute atomic E-state index is 13.3. The molecule has 0 unspecified atom stereocenters. The number of alkyl halides is 6. The van der Waals surface area contributed by atoms with Crippen molar-refractivity contribution in [2.45, 2.75) is 19.3 Å². The van der Waals surface area contributed by atoms with Crippen LogP contribution < -0.4 is 10.2 Å². The fourth-order valence-electron chi connectivity index (χ4n) is 4.54. The molecule has 1 aromatic heterocycles. The van der Waals surface area contributed by atoms with E-state index in [2.05, 4.69) is 10.2 Å². The molecule has 0 atom stereocenters. The Morgan fingerprint density at radius 1 is 0.763 bits per heavy atom. The number of hydrogen-bond donors (Lipinski definition) is 1. The molecule has 0 radical (unpaired) electrons. The molecule has 1 N–H and O–H groups in total. The van der Waals surface area contributed by atoms with Gasteiger partial charge in [0.1, 0.15) is 5.82 Å². The predicted octanol–water partition coefficient (Wildman–Crippen LogP) is 7.83. The predicted molar refractivity (Wildman–Crippen MR) is 135 cm³/mol. The second-order valence-electron chi connectivity index (χ2n) is 9.09. The van der Waals surface area contributed by atoms with Crippen LogP contribution in [0.2, 0.25) is 0 Å². The van der Waals surface area contributed by atoms with Crippen LogP contribution in [0.1, 0.15) is 16.7 Å². The standard InChI is InChI=1S/C28H23F6N3O/c1-17-4-2-3-5-22(17)23-16-26(37-8-10-38-11-9-37)36-25-7-6-20(15-24(23)25)35-21-13-18(27(29,30)31)12-19(14-21)28(32,33)34/h2-7,12-16,35H,8-11H2,1H3. The number of nitrogens with one attached hydrogen (secondary N) is 1. The highest BCUT2D eigenvalue weighted by Gasteiger charge is 2.37. The van der Waals surface area contributed by atoms with Gasteiger partial charge in [-0.1, -0.05) is 24.3 Å². The maximum Gasteiger partial charge on any atom is 0.416 e. The molecule has 3 aromatic carbocycles. The molecule has 198 valence electrons. The van der Waals surface area contributed by atoms with E-state index in [1.54, 1.807) is 18.2 Å². The molecular weight excluding hydrogens is 508 g/mol. The van der Waals surface area contributed by atoms with Crippen molar-refractivity contribution < 1.29 is 31.1 Å². The number of nitrogens with zero attached hydrogens (tertiary/aromatic N) is 2. The molecule has 2 heterocycles. The van der Waals surface area contributed by atoms with Crippen LogP contribution in [0.4, 0.5) is 43.5 Å². The number of fused-ring (bicyclic) bond motifs is 1. The fraction of sp³-hybridized carbons (Fsp3) is 0.250. The van der Waals surface area contributed by atoms with Crippen molar-refractivity contribution in [3.63, 3.8) is 0 Å². The van der Waals surface area contributed by atoms with E-state index in [1.165, 1.54) is 0 Å². The van der Waals surface area contributed by atoms with E-state index >= 15 is 0 Å². The summed E-state index contributed by atoms with van der Waals surface area (Å²) < 4.78 is 85.5.